The van der Waals surface area contributed by atoms with Gasteiger partial charge in [-0.1, -0.05) is 6.07 Å². The van der Waals surface area contributed by atoms with Gasteiger partial charge in [-0.25, -0.2) is 15.0 Å². The molecule has 2 aromatic heterocycles. The number of imidazole rings is 1. The fourth-order valence-electron chi connectivity index (χ4n) is 2.04. The van der Waals surface area contributed by atoms with Crippen molar-refractivity contribution in [2.45, 2.75) is 40.3 Å². The number of hydrogen-bond acceptors (Lipinski definition) is 3. The summed E-state index contributed by atoms with van der Waals surface area (Å²) < 4.78 is 1.96. The first kappa shape index (κ1) is 19.4. The lowest BCUT2D eigenvalue weighted by molar-refractivity contribution is 0.700. The van der Waals surface area contributed by atoms with Gasteiger partial charge < -0.3 is 10.6 Å². The van der Waals surface area contributed by atoms with E-state index in [1.54, 1.807) is 6.20 Å². The predicted octanol–water partition coefficient (Wildman–Crippen LogP) is 2.66. The molecule has 0 radical (unpaired) electrons. The Hall–Kier alpha value is -1.64. The third-order valence-corrected chi connectivity index (χ3v) is 3.07. The van der Waals surface area contributed by atoms with Crippen LogP contribution < -0.4 is 10.6 Å². The molecular formula is C16H25IN6. The lowest BCUT2D eigenvalue weighted by atomic mass is 10.3. The average Bonchev–Trinajstić information content (AvgIpc) is 2.91. The summed E-state index contributed by atoms with van der Waals surface area (Å²) in [6.07, 6.45) is 5.54. The van der Waals surface area contributed by atoms with Crippen molar-refractivity contribution in [3.8, 4) is 5.82 Å². The molecule has 0 aliphatic heterocycles. The van der Waals surface area contributed by atoms with Gasteiger partial charge in [0.1, 0.15) is 11.6 Å². The van der Waals surface area contributed by atoms with Crippen LogP contribution >= 0.6 is 24.0 Å². The van der Waals surface area contributed by atoms with Crippen LogP contribution in [-0.2, 0) is 6.54 Å². The molecule has 2 aromatic rings. The zero-order chi connectivity index (χ0) is 15.9. The monoisotopic (exact) mass is 428 g/mol. The summed E-state index contributed by atoms with van der Waals surface area (Å²) in [5.74, 6) is 2.62. The Bertz CT molecular complexity index is 618. The van der Waals surface area contributed by atoms with Gasteiger partial charge in [0.05, 0.1) is 6.54 Å². The van der Waals surface area contributed by atoms with Crippen LogP contribution in [0, 0.1) is 6.92 Å². The Morgan fingerprint density at radius 3 is 2.61 bits per heavy atom. The molecule has 126 valence electrons. The normalized spacial score (nSPS) is 11.3. The highest BCUT2D eigenvalue weighted by Crippen LogP contribution is 2.08. The number of aliphatic imine (C=N–C) groups is 1. The zero-order valence-corrected chi connectivity index (χ0v) is 16.4. The van der Waals surface area contributed by atoms with Crippen molar-refractivity contribution in [3.63, 3.8) is 0 Å². The molecule has 2 heterocycles. The quantitative estimate of drug-likeness (QED) is 0.437. The molecule has 0 atom stereocenters. The number of hydrogen-bond donors (Lipinski definition) is 2. The summed E-state index contributed by atoms with van der Waals surface area (Å²) >= 11 is 0. The maximum Gasteiger partial charge on any atom is 0.191 e. The minimum absolute atomic E-state index is 0. The number of rotatable bonds is 5. The maximum atomic E-state index is 4.57. The first-order valence-corrected chi connectivity index (χ1v) is 7.60. The molecule has 0 aliphatic rings. The molecule has 0 amide bonds. The summed E-state index contributed by atoms with van der Waals surface area (Å²) in [6, 6.07) is 4.38. The van der Waals surface area contributed by atoms with E-state index in [4.69, 9.17) is 0 Å². The van der Waals surface area contributed by atoms with Crippen LogP contribution in [0.4, 0.5) is 0 Å². The van der Waals surface area contributed by atoms with Crippen molar-refractivity contribution < 1.29 is 0 Å². The molecule has 7 heteroatoms. The lowest BCUT2D eigenvalue weighted by Gasteiger charge is -2.13. The number of nitrogens with one attached hydrogen (secondary N) is 2. The van der Waals surface area contributed by atoms with E-state index in [1.165, 1.54) is 0 Å². The summed E-state index contributed by atoms with van der Waals surface area (Å²) in [4.78, 5) is 13.3. The minimum atomic E-state index is 0. The zero-order valence-electron chi connectivity index (χ0n) is 14.1. The Morgan fingerprint density at radius 1 is 1.30 bits per heavy atom. The maximum absolute atomic E-state index is 4.57. The molecule has 0 bridgehead atoms. The summed E-state index contributed by atoms with van der Waals surface area (Å²) in [5.41, 5.74) is 1.07. The number of pyridine rings is 1. The highest BCUT2D eigenvalue weighted by Gasteiger charge is 2.03. The number of aryl methyl sites for hydroxylation is 1. The van der Waals surface area contributed by atoms with E-state index in [1.807, 2.05) is 36.0 Å². The lowest BCUT2D eigenvalue weighted by Crippen LogP contribution is -2.41. The second-order valence-electron chi connectivity index (χ2n) is 5.36. The minimum Gasteiger partial charge on any atom is -0.357 e. The van der Waals surface area contributed by atoms with Crippen molar-refractivity contribution >= 4 is 29.9 Å². The molecular weight excluding hydrogens is 403 g/mol. The van der Waals surface area contributed by atoms with Gasteiger partial charge in [-0.2, -0.15) is 0 Å². The smallest absolute Gasteiger partial charge is 0.191 e. The second-order valence-corrected chi connectivity index (χ2v) is 5.36. The summed E-state index contributed by atoms with van der Waals surface area (Å²) in [6.45, 7) is 9.64. The average molecular weight is 428 g/mol. The van der Waals surface area contributed by atoms with Gasteiger partial charge in [-0.15, -0.1) is 24.0 Å². The van der Waals surface area contributed by atoms with Crippen molar-refractivity contribution in [1.82, 2.24) is 25.2 Å². The summed E-state index contributed by atoms with van der Waals surface area (Å²) in [7, 11) is 0. The molecule has 0 unspecified atom stereocenters. The van der Waals surface area contributed by atoms with E-state index in [-0.39, 0.29) is 24.0 Å². The van der Waals surface area contributed by atoms with E-state index in [9.17, 15) is 0 Å². The number of nitrogens with zero attached hydrogens (tertiary/aromatic N) is 4. The van der Waals surface area contributed by atoms with Gasteiger partial charge in [0.2, 0.25) is 0 Å². The van der Waals surface area contributed by atoms with Gasteiger partial charge in [0.15, 0.2) is 5.96 Å². The van der Waals surface area contributed by atoms with Gasteiger partial charge >= 0.3 is 0 Å². The van der Waals surface area contributed by atoms with Crippen molar-refractivity contribution in [2.24, 2.45) is 4.99 Å². The largest absolute Gasteiger partial charge is 0.357 e. The van der Waals surface area contributed by atoms with Gasteiger partial charge in [0, 0.05) is 31.2 Å². The molecule has 2 N–H and O–H groups in total. The third-order valence-electron chi connectivity index (χ3n) is 3.07. The first-order chi connectivity index (χ1) is 10.6. The van der Waals surface area contributed by atoms with Crippen LogP contribution in [-0.4, -0.2) is 33.1 Å². The molecule has 0 saturated carbocycles. The van der Waals surface area contributed by atoms with Crippen LogP contribution in [0.5, 0.6) is 0 Å². The molecule has 0 aromatic carbocycles. The molecule has 0 spiro atoms. The Kier molecular flexibility index (Phi) is 8.01. The predicted molar refractivity (Wildman–Crippen MR) is 105 cm³/mol. The van der Waals surface area contributed by atoms with E-state index in [0.29, 0.717) is 12.6 Å². The fraction of sp³-hybridized carbons (Fsp3) is 0.438. The van der Waals surface area contributed by atoms with Crippen molar-refractivity contribution in [2.75, 3.05) is 6.54 Å². The first-order valence-electron chi connectivity index (χ1n) is 7.60. The highest BCUT2D eigenvalue weighted by atomic mass is 127. The Morgan fingerprint density at radius 2 is 2.09 bits per heavy atom. The molecule has 2 rings (SSSR count). The molecule has 0 aliphatic carbocycles. The van der Waals surface area contributed by atoms with Crippen LogP contribution in [0.25, 0.3) is 5.82 Å². The van der Waals surface area contributed by atoms with Gasteiger partial charge in [-0.3, -0.25) is 4.57 Å². The third kappa shape index (κ3) is 5.81. The van der Waals surface area contributed by atoms with Crippen LogP contribution in [0.3, 0.4) is 0 Å². The number of aromatic nitrogens is 3. The van der Waals surface area contributed by atoms with E-state index < -0.39 is 0 Å². The van der Waals surface area contributed by atoms with Crippen LogP contribution in [0.15, 0.2) is 35.7 Å². The number of halogens is 1. The molecule has 0 fully saturated rings. The standard InChI is InChI=1S/C16H24N6.HI/c1-5-17-16(21-12(2)3)20-11-14-6-7-15(19-10-14)22-9-8-18-13(22)4;/h6-10,12H,5,11H2,1-4H3,(H2,17,20,21);1H. The molecule has 23 heavy (non-hydrogen) atoms. The molecule has 6 nitrogen and oxygen atoms in total. The van der Waals surface area contributed by atoms with E-state index in [0.717, 1.165) is 29.7 Å². The number of guanidine groups is 1. The fourth-order valence-corrected chi connectivity index (χ4v) is 2.04. The Balaban J connectivity index is 0.00000264. The summed E-state index contributed by atoms with van der Waals surface area (Å²) in [5, 5.41) is 6.53. The van der Waals surface area contributed by atoms with Crippen LogP contribution in [0.2, 0.25) is 0 Å². The van der Waals surface area contributed by atoms with Gasteiger partial charge in [0.25, 0.3) is 0 Å². The topological polar surface area (TPSA) is 67.1 Å². The molecule has 0 saturated heterocycles. The van der Waals surface area contributed by atoms with E-state index in [2.05, 4.69) is 46.4 Å². The van der Waals surface area contributed by atoms with Crippen molar-refractivity contribution in [1.29, 1.82) is 0 Å². The van der Waals surface area contributed by atoms with Gasteiger partial charge in [-0.05, 0) is 39.3 Å². The SMILES string of the molecule is CCNC(=NCc1ccc(-n2ccnc2C)nc1)NC(C)C.I. The van der Waals surface area contributed by atoms with Crippen LogP contribution in [0.1, 0.15) is 32.2 Å². The van der Waals surface area contributed by atoms with E-state index >= 15 is 0 Å². The highest BCUT2D eigenvalue weighted by molar-refractivity contribution is 14.0. The van der Waals surface area contributed by atoms with Crippen molar-refractivity contribution in [3.05, 3.63) is 42.1 Å². The second kappa shape index (κ2) is 9.49. The Labute approximate surface area is 154 Å².